The summed E-state index contributed by atoms with van der Waals surface area (Å²) in [6, 6.07) is 13.0. The van der Waals surface area contributed by atoms with Gasteiger partial charge in [-0.2, -0.15) is 11.8 Å². The number of carboxylic acids is 1. The number of hydrogen-bond acceptors (Lipinski definition) is 6. The number of carbonyl (C=O) groups excluding carboxylic acids is 1. The zero-order valence-corrected chi connectivity index (χ0v) is 23.7. The van der Waals surface area contributed by atoms with Crippen LogP contribution in [0.3, 0.4) is 0 Å². The van der Waals surface area contributed by atoms with Gasteiger partial charge in [0, 0.05) is 25.1 Å². The number of ether oxygens (including phenoxy) is 2. The third-order valence-corrected chi connectivity index (χ3v) is 7.43. The van der Waals surface area contributed by atoms with Crippen molar-refractivity contribution in [1.29, 1.82) is 0 Å². The van der Waals surface area contributed by atoms with Gasteiger partial charge in [0.15, 0.2) is 6.29 Å². The molecular weight excluding hydrogens is 500 g/mol. The van der Waals surface area contributed by atoms with Gasteiger partial charge in [-0.1, -0.05) is 43.7 Å². The van der Waals surface area contributed by atoms with Crippen molar-refractivity contribution in [3.05, 3.63) is 59.2 Å². The van der Waals surface area contributed by atoms with Crippen molar-refractivity contribution in [2.24, 2.45) is 0 Å². The maximum atomic E-state index is 13.4. The molecule has 208 valence electrons. The quantitative estimate of drug-likeness (QED) is 0.314. The number of nitrogens with one attached hydrogen (secondary N) is 1. The summed E-state index contributed by atoms with van der Waals surface area (Å²) in [5, 5.41) is 12.4. The summed E-state index contributed by atoms with van der Waals surface area (Å²) in [6.45, 7) is 8.31. The summed E-state index contributed by atoms with van der Waals surface area (Å²) in [5.74, 6) is -0.720. The highest BCUT2D eigenvalue weighted by Gasteiger charge is 2.23. The van der Waals surface area contributed by atoms with Crippen LogP contribution in [0.2, 0.25) is 0 Å². The van der Waals surface area contributed by atoms with Crippen LogP contribution in [-0.2, 0) is 20.8 Å². The number of thioether (sulfide) groups is 1. The van der Waals surface area contributed by atoms with Gasteiger partial charge in [0.1, 0.15) is 6.04 Å². The second-order valence-corrected chi connectivity index (χ2v) is 10.8. The fraction of sp³-hybridized carbons (Fsp3) is 0.533. The minimum Gasteiger partial charge on any atom is -0.480 e. The topological polar surface area (TPSA) is 88.1 Å². The molecule has 1 heterocycles. The SMILES string of the molecule is CCCCN(CCC1OCCCO1)Cc1ccc(C(=O)NC(CCSC)C(=O)O)c(-c2ccccc2C)c1. The molecule has 2 aromatic rings. The lowest BCUT2D eigenvalue weighted by Gasteiger charge is -2.28. The average molecular weight is 543 g/mol. The second kappa shape index (κ2) is 15.9. The highest BCUT2D eigenvalue weighted by molar-refractivity contribution is 7.98. The van der Waals surface area contributed by atoms with Gasteiger partial charge in [0.25, 0.3) is 5.91 Å². The lowest BCUT2D eigenvalue weighted by molar-refractivity contribution is -0.182. The van der Waals surface area contributed by atoms with Crippen LogP contribution in [0.4, 0.5) is 0 Å². The largest absolute Gasteiger partial charge is 0.480 e. The van der Waals surface area contributed by atoms with Crippen molar-refractivity contribution < 1.29 is 24.2 Å². The van der Waals surface area contributed by atoms with Crippen LogP contribution in [0, 0.1) is 6.92 Å². The Bertz CT molecular complexity index is 1040. The Balaban J connectivity index is 1.85. The van der Waals surface area contributed by atoms with E-state index in [1.165, 1.54) is 0 Å². The molecule has 7 nitrogen and oxygen atoms in total. The first kappa shape index (κ1) is 30.2. The predicted octanol–water partition coefficient (Wildman–Crippen LogP) is 5.35. The summed E-state index contributed by atoms with van der Waals surface area (Å²) in [6.07, 6.45) is 6.14. The van der Waals surface area contributed by atoms with E-state index in [-0.39, 0.29) is 12.2 Å². The molecule has 0 saturated carbocycles. The molecule has 0 bridgehead atoms. The minimum atomic E-state index is -1.01. The van der Waals surface area contributed by atoms with Crippen molar-refractivity contribution in [3.8, 4) is 11.1 Å². The van der Waals surface area contributed by atoms with Crippen molar-refractivity contribution in [2.75, 3.05) is 38.3 Å². The minimum absolute atomic E-state index is 0.144. The first-order valence-electron chi connectivity index (χ1n) is 13.6. The highest BCUT2D eigenvalue weighted by atomic mass is 32.2. The average Bonchev–Trinajstić information content (AvgIpc) is 2.93. The van der Waals surface area contributed by atoms with Crippen molar-refractivity contribution in [3.63, 3.8) is 0 Å². The monoisotopic (exact) mass is 542 g/mol. The van der Waals surface area contributed by atoms with E-state index in [9.17, 15) is 14.7 Å². The van der Waals surface area contributed by atoms with Crippen LogP contribution < -0.4 is 5.32 Å². The molecule has 1 unspecified atom stereocenters. The molecule has 38 heavy (non-hydrogen) atoms. The molecule has 2 aromatic carbocycles. The molecule has 0 aliphatic carbocycles. The van der Waals surface area contributed by atoms with E-state index in [1.54, 1.807) is 11.8 Å². The van der Waals surface area contributed by atoms with Crippen LogP contribution in [0.1, 0.15) is 60.5 Å². The number of benzene rings is 2. The molecule has 0 radical (unpaired) electrons. The number of aryl methyl sites for hydroxylation is 1. The maximum Gasteiger partial charge on any atom is 0.326 e. The van der Waals surface area contributed by atoms with E-state index >= 15 is 0 Å². The fourth-order valence-electron chi connectivity index (χ4n) is 4.62. The number of aliphatic carboxylic acids is 1. The second-order valence-electron chi connectivity index (χ2n) is 9.78. The van der Waals surface area contributed by atoms with Gasteiger partial charge in [-0.3, -0.25) is 9.69 Å². The summed E-state index contributed by atoms with van der Waals surface area (Å²) < 4.78 is 11.5. The van der Waals surface area contributed by atoms with E-state index in [0.717, 1.165) is 80.8 Å². The van der Waals surface area contributed by atoms with Crippen molar-refractivity contribution in [2.45, 2.75) is 64.8 Å². The first-order valence-corrected chi connectivity index (χ1v) is 15.0. The maximum absolute atomic E-state index is 13.4. The van der Waals surface area contributed by atoms with Crippen molar-refractivity contribution in [1.82, 2.24) is 10.2 Å². The summed E-state index contributed by atoms with van der Waals surface area (Å²) in [5.41, 5.74) is 4.45. The van der Waals surface area contributed by atoms with E-state index in [0.29, 0.717) is 17.7 Å². The molecule has 2 N–H and O–H groups in total. The third-order valence-electron chi connectivity index (χ3n) is 6.79. The molecule has 3 rings (SSSR count). The number of carbonyl (C=O) groups is 2. The molecule has 1 saturated heterocycles. The molecule has 1 aliphatic heterocycles. The Morgan fingerprint density at radius 3 is 2.58 bits per heavy atom. The smallest absolute Gasteiger partial charge is 0.326 e. The number of hydrogen-bond donors (Lipinski definition) is 2. The number of unbranched alkanes of at least 4 members (excludes halogenated alkanes) is 1. The van der Waals surface area contributed by atoms with Gasteiger partial charge in [-0.25, -0.2) is 4.79 Å². The van der Waals surface area contributed by atoms with Crippen LogP contribution in [0.15, 0.2) is 42.5 Å². The molecule has 8 heteroatoms. The standard InChI is InChI=1S/C30H42N2O5S/c1-4-5-15-32(16-13-28-36-17-8-18-37-28)21-23-11-12-25(26(20-23)24-10-7-6-9-22(24)2)29(33)31-27(30(34)35)14-19-38-3/h6-7,9-12,20,27-28H,4-5,8,13-19,21H2,1-3H3,(H,31,33)(H,34,35). The number of rotatable bonds is 15. The van der Waals surface area contributed by atoms with Gasteiger partial charge in [0.2, 0.25) is 0 Å². The van der Waals surface area contributed by atoms with Gasteiger partial charge in [-0.05, 0) is 79.1 Å². The van der Waals surface area contributed by atoms with Gasteiger partial charge >= 0.3 is 5.97 Å². The fourth-order valence-corrected chi connectivity index (χ4v) is 5.09. The van der Waals surface area contributed by atoms with Crippen LogP contribution in [0.5, 0.6) is 0 Å². The zero-order valence-electron chi connectivity index (χ0n) is 22.9. The van der Waals surface area contributed by atoms with Crippen LogP contribution >= 0.6 is 11.8 Å². The van der Waals surface area contributed by atoms with E-state index in [1.807, 2.05) is 49.6 Å². The number of nitrogens with zero attached hydrogens (tertiary/aromatic N) is 1. The van der Waals surface area contributed by atoms with E-state index < -0.39 is 12.0 Å². The highest BCUT2D eigenvalue weighted by Crippen LogP contribution is 2.29. The third kappa shape index (κ3) is 9.12. The number of carboxylic acid groups (broad SMARTS) is 1. The summed E-state index contributed by atoms with van der Waals surface area (Å²) in [4.78, 5) is 27.6. The molecule has 1 atom stereocenters. The Morgan fingerprint density at radius 2 is 1.89 bits per heavy atom. The molecule has 1 amide bonds. The van der Waals surface area contributed by atoms with Crippen molar-refractivity contribution >= 4 is 23.6 Å². The molecular formula is C30H42N2O5S. The Labute approximate surface area is 231 Å². The molecule has 1 fully saturated rings. The predicted molar refractivity (Wildman–Crippen MR) is 154 cm³/mol. The van der Waals surface area contributed by atoms with Gasteiger partial charge < -0.3 is 19.9 Å². The van der Waals surface area contributed by atoms with Crippen LogP contribution in [-0.4, -0.2) is 72.5 Å². The number of amides is 1. The summed E-state index contributed by atoms with van der Waals surface area (Å²) >= 11 is 1.56. The van der Waals surface area contributed by atoms with Gasteiger partial charge in [-0.15, -0.1) is 0 Å². The van der Waals surface area contributed by atoms with E-state index in [2.05, 4.69) is 23.2 Å². The lowest BCUT2D eigenvalue weighted by atomic mass is 9.93. The zero-order chi connectivity index (χ0) is 27.3. The first-order chi connectivity index (χ1) is 18.4. The molecule has 0 aromatic heterocycles. The Hall–Kier alpha value is -2.39. The van der Waals surface area contributed by atoms with Crippen LogP contribution in [0.25, 0.3) is 11.1 Å². The lowest BCUT2D eigenvalue weighted by Crippen LogP contribution is -2.41. The normalized spacial score (nSPS) is 14.9. The Kier molecular flexibility index (Phi) is 12.6. The van der Waals surface area contributed by atoms with E-state index in [4.69, 9.17) is 9.47 Å². The van der Waals surface area contributed by atoms with Gasteiger partial charge in [0.05, 0.1) is 13.2 Å². The summed E-state index contributed by atoms with van der Waals surface area (Å²) in [7, 11) is 0. The Morgan fingerprint density at radius 1 is 1.13 bits per heavy atom. The molecule has 0 spiro atoms. The molecule has 1 aliphatic rings.